The molecule has 0 saturated carbocycles. The summed E-state index contributed by atoms with van der Waals surface area (Å²) >= 11 is 0. The van der Waals surface area contributed by atoms with Crippen molar-refractivity contribution in [2.24, 2.45) is 0 Å². The van der Waals surface area contributed by atoms with E-state index in [-0.39, 0.29) is 12.6 Å². The van der Waals surface area contributed by atoms with Crippen LogP contribution in [0.5, 0.6) is 0 Å². The van der Waals surface area contributed by atoms with Crippen molar-refractivity contribution in [1.29, 1.82) is 0 Å². The monoisotopic (exact) mass is 228 g/mol. The number of ether oxygens (including phenoxy) is 1. The molecular weight excluding hydrogens is 208 g/mol. The molecule has 0 bridgehead atoms. The van der Waals surface area contributed by atoms with Crippen molar-refractivity contribution in [3.8, 4) is 0 Å². The molecule has 2 N–H and O–H groups in total. The fraction of sp³-hybridized carbons (Fsp3) is 0.727. The Bertz CT molecular complexity index is 287. The van der Waals surface area contributed by atoms with Gasteiger partial charge in [0, 0.05) is 19.8 Å². The lowest BCUT2D eigenvalue weighted by Gasteiger charge is -2.15. The highest BCUT2D eigenvalue weighted by molar-refractivity contribution is 5.05. The molecule has 16 heavy (non-hydrogen) atoms. The number of nitrogens with zero attached hydrogens (tertiary/aromatic N) is 1. The van der Waals surface area contributed by atoms with E-state index in [2.05, 4.69) is 10.3 Å². The molecule has 0 saturated heterocycles. The minimum Gasteiger partial charge on any atom is -0.444 e. The molecule has 0 amide bonds. The van der Waals surface area contributed by atoms with Crippen molar-refractivity contribution in [1.82, 2.24) is 10.3 Å². The molecule has 0 aromatic carbocycles. The van der Waals surface area contributed by atoms with Crippen LogP contribution in [0.2, 0.25) is 0 Å². The van der Waals surface area contributed by atoms with E-state index in [1.54, 1.807) is 7.11 Å². The molecule has 0 fully saturated rings. The molecule has 1 aromatic heterocycles. The Kier molecular flexibility index (Phi) is 5.45. The van der Waals surface area contributed by atoms with E-state index >= 15 is 0 Å². The standard InChI is InChI=1S/C11H20N2O3/c1-8-9(2)16-11(13-8)6-12-10(4-5-14)7-15-3/h10,12,14H,4-7H2,1-3H3. The van der Waals surface area contributed by atoms with Crippen LogP contribution in [0.15, 0.2) is 4.42 Å². The minimum absolute atomic E-state index is 0.127. The van der Waals surface area contributed by atoms with Gasteiger partial charge in [0.2, 0.25) is 5.89 Å². The number of rotatable bonds is 7. The molecule has 0 aliphatic rings. The molecule has 5 nitrogen and oxygen atoms in total. The van der Waals surface area contributed by atoms with E-state index in [4.69, 9.17) is 14.3 Å². The van der Waals surface area contributed by atoms with E-state index in [0.717, 1.165) is 11.5 Å². The van der Waals surface area contributed by atoms with Gasteiger partial charge in [0.05, 0.1) is 18.8 Å². The third-order valence-electron chi connectivity index (χ3n) is 2.46. The zero-order chi connectivity index (χ0) is 12.0. The summed E-state index contributed by atoms with van der Waals surface area (Å²) in [6, 6.07) is 0.127. The number of nitrogens with one attached hydrogen (secondary N) is 1. The summed E-state index contributed by atoms with van der Waals surface area (Å²) in [5, 5.41) is 12.1. The average molecular weight is 228 g/mol. The smallest absolute Gasteiger partial charge is 0.208 e. The summed E-state index contributed by atoms with van der Waals surface area (Å²) in [4.78, 5) is 4.27. The van der Waals surface area contributed by atoms with Gasteiger partial charge in [-0.25, -0.2) is 4.98 Å². The van der Waals surface area contributed by atoms with Crippen molar-refractivity contribution in [2.45, 2.75) is 32.9 Å². The zero-order valence-electron chi connectivity index (χ0n) is 10.1. The summed E-state index contributed by atoms with van der Waals surface area (Å²) in [6.07, 6.45) is 0.659. The largest absolute Gasteiger partial charge is 0.444 e. The number of methoxy groups -OCH3 is 1. The van der Waals surface area contributed by atoms with Crippen molar-refractivity contribution in [3.05, 3.63) is 17.3 Å². The predicted octanol–water partition coefficient (Wildman–Crippen LogP) is 0.778. The molecule has 1 heterocycles. The highest BCUT2D eigenvalue weighted by Gasteiger charge is 2.10. The maximum Gasteiger partial charge on any atom is 0.208 e. The lowest BCUT2D eigenvalue weighted by Crippen LogP contribution is -2.33. The lowest BCUT2D eigenvalue weighted by molar-refractivity contribution is 0.146. The van der Waals surface area contributed by atoms with Crippen LogP contribution in [0.4, 0.5) is 0 Å². The van der Waals surface area contributed by atoms with Gasteiger partial charge in [0.25, 0.3) is 0 Å². The van der Waals surface area contributed by atoms with Gasteiger partial charge in [0.1, 0.15) is 5.76 Å². The summed E-state index contributed by atoms with van der Waals surface area (Å²) in [7, 11) is 1.64. The molecule has 1 rings (SSSR count). The predicted molar refractivity (Wildman–Crippen MR) is 60.2 cm³/mol. The first-order valence-electron chi connectivity index (χ1n) is 5.43. The third-order valence-corrected chi connectivity index (χ3v) is 2.46. The Morgan fingerprint density at radius 3 is 2.75 bits per heavy atom. The Labute approximate surface area is 95.8 Å². The van der Waals surface area contributed by atoms with Gasteiger partial charge in [-0.05, 0) is 20.3 Å². The molecule has 0 spiro atoms. The zero-order valence-corrected chi connectivity index (χ0v) is 10.1. The number of aryl methyl sites for hydroxylation is 2. The number of aromatic nitrogens is 1. The highest BCUT2D eigenvalue weighted by Crippen LogP contribution is 2.08. The molecule has 1 aromatic rings. The van der Waals surface area contributed by atoms with E-state index in [1.807, 2.05) is 13.8 Å². The average Bonchev–Trinajstić information content (AvgIpc) is 2.56. The summed E-state index contributed by atoms with van der Waals surface area (Å²) in [5.41, 5.74) is 0.919. The van der Waals surface area contributed by atoms with Crippen LogP contribution in [-0.2, 0) is 11.3 Å². The Morgan fingerprint density at radius 1 is 1.50 bits per heavy atom. The topological polar surface area (TPSA) is 67.5 Å². The van der Waals surface area contributed by atoms with Crippen molar-refractivity contribution < 1.29 is 14.3 Å². The maximum absolute atomic E-state index is 8.87. The van der Waals surface area contributed by atoms with Crippen LogP contribution in [0.3, 0.4) is 0 Å². The minimum atomic E-state index is 0.127. The Hall–Kier alpha value is -0.910. The Balaban J connectivity index is 2.41. The van der Waals surface area contributed by atoms with E-state index < -0.39 is 0 Å². The summed E-state index contributed by atoms with van der Waals surface area (Å²) in [6.45, 7) is 5.08. The second-order valence-electron chi connectivity index (χ2n) is 3.79. The number of hydrogen-bond acceptors (Lipinski definition) is 5. The summed E-state index contributed by atoms with van der Waals surface area (Å²) < 4.78 is 10.5. The van der Waals surface area contributed by atoms with Gasteiger partial charge < -0.3 is 19.6 Å². The molecule has 1 atom stereocenters. The number of aliphatic hydroxyl groups excluding tert-OH is 1. The number of oxazole rings is 1. The number of aliphatic hydroxyl groups is 1. The van der Waals surface area contributed by atoms with Crippen LogP contribution in [-0.4, -0.2) is 36.5 Å². The van der Waals surface area contributed by atoms with Crippen molar-refractivity contribution in [3.63, 3.8) is 0 Å². The normalized spacial score (nSPS) is 13.0. The van der Waals surface area contributed by atoms with Gasteiger partial charge in [0.15, 0.2) is 0 Å². The first-order valence-corrected chi connectivity index (χ1v) is 5.43. The van der Waals surface area contributed by atoms with Gasteiger partial charge in [-0.3, -0.25) is 0 Å². The molecule has 0 aliphatic heterocycles. The van der Waals surface area contributed by atoms with Crippen LogP contribution >= 0.6 is 0 Å². The van der Waals surface area contributed by atoms with Gasteiger partial charge in [-0.1, -0.05) is 0 Å². The van der Waals surface area contributed by atoms with Crippen LogP contribution < -0.4 is 5.32 Å². The van der Waals surface area contributed by atoms with Gasteiger partial charge >= 0.3 is 0 Å². The highest BCUT2D eigenvalue weighted by atomic mass is 16.5. The second kappa shape index (κ2) is 6.62. The van der Waals surface area contributed by atoms with E-state index in [9.17, 15) is 0 Å². The van der Waals surface area contributed by atoms with Crippen LogP contribution in [0.25, 0.3) is 0 Å². The third kappa shape index (κ3) is 3.92. The first kappa shape index (κ1) is 13.2. The molecule has 92 valence electrons. The molecule has 0 aliphatic carbocycles. The molecule has 5 heteroatoms. The fourth-order valence-corrected chi connectivity index (χ4v) is 1.45. The van der Waals surface area contributed by atoms with Gasteiger partial charge in [-0.2, -0.15) is 0 Å². The molecule has 0 radical (unpaired) electrons. The van der Waals surface area contributed by atoms with E-state index in [0.29, 0.717) is 25.5 Å². The Morgan fingerprint density at radius 2 is 2.25 bits per heavy atom. The second-order valence-corrected chi connectivity index (χ2v) is 3.79. The van der Waals surface area contributed by atoms with Gasteiger partial charge in [-0.15, -0.1) is 0 Å². The fourth-order valence-electron chi connectivity index (χ4n) is 1.45. The van der Waals surface area contributed by atoms with Crippen molar-refractivity contribution >= 4 is 0 Å². The molecular formula is C11H20N2O3. The SMILES string of the molecule is COCC(CCO)NCc1nc(C)c(C)o1. The number of hydrogen-bond donors (Lipinski definition) is 2. The van der Waals surface area contributed by atoms with Crippen molar-refractivity contribution in [2.75, 3.05) is 20.3 Å². The first-order chi connectivity index (χ1) is 7.67. The van der Waals surface area contributed by atoms with Crippen LogP contribution in [0.1, 0.15) is 23.8 Å². The lowest BCUT2D eigenvalue weighted by atomic mass is 10.2. The maximum atomic E-state index is 8.87. The van der Waals surface area contributed by atoms with Crippen LogP contribution in [0, 0.1) is 13.8 Å². The van der Waals surface area contributed by atoms with E-state index in [1.165, 1.54) is 0 Å². The summed E-state index contributed by atoms with van der Waals surface area (Å²) in [5.74, 6) is 1.52. The molecule has 1 unspecified atom stereocenters. The quantitative estimate of drug-likeness (QED) is 0.722.